The Morgan fingerprint density at radius 2 is 2.00 bits per heavy atom. The van der Waals surface area contributed by atoms with Crippen LogP contribution in [-0.4, -0.2) is 22.1 Å². The maximum absolute atomic E-state index is 11.9. The molecule has 0 heterocycles. The van der Waals surface area contributed by atoms with E-state index in [1.54, 1.807) is 19.1 Å². The zero-order chi connectivity index (χ0) is 12.2. The van der Waals surface area contributed by atoms with Gasteiger partial charge in [0.2, 0.25) is 10.0 Å². The van der Waals surface area contributed by atoms with Crippen molar-refractivity contribution < 1.29 is 13.2 Å². The molecule has 0 unspecified atom stereocenters. The van der Waals surface area contributed by atoms with Crippen LogP contribution in [0.25, 0.3) is 0 Å². The fourth-order valence-electron chi connectivity index (χ4n) is 1.42. The van der Waals surface area contributed by atoms with E-state index in [4.69, 9.17) is 4.74 Å². The fourth-order valence-corrected chi connectivity index (χ4v) is 2.68. The first-order valence-electron chi connectivity index (χ1n) is 5.21. The van der Waals surface area contributed by atoms with Crippen molar-refractivity contribution in [2.45, 2.75) is 25.2 Å². The maximum atomic E-state index is 11.9. The van der Waals surface area contributed by atoms with Crippen LogP contribution in [0.15, 0.2) is 23.1 Å². The molecule has 0 aliphatic heterocycles. The average Bonchev–Trinajstić information content (AvgIpc) is 2.28. The first-order chi connectivity index (χ1) is 7.55. The predicted octanol–water partition coefficient (Wildman–Crippen LogP) is 1.56. The van der Waals surface area contributed by atoms with E-state index in [1.165, 1.54) is 7.11 Å². The molecule has 90 valence electrons. The van der Waals surface area contributed by atoms with E-state index in [9.17, 15) is 8.42 Å². The minimum absolute atomic E-state index is 0.205. The topological polar surface area (TPSA) is 55.4 Å². The second-order valence-corrected chi connectivity index (χ2v) is 5.08. The molecule has 0 aliphatic carbocycles. The fraction of sp³-hybridized carbons (Fsp3) is 0.455. The third-order valence-electron chi connectivity index (χ3n) is 2.26. The average molecular weight is 243 g/mol. The molecule has 5 heteroatoms. The molecule has 1 aromatic rings. The van der Waals surface area contributed by atoms with E-state index in [0.29, 0.717) is 12.3 Å². The largest absolute Gasteiger partial charge is 0.495 e. The Bertz CT molecular complexity index is 454. The Balaban J connectivity index is 3.29. The number of nitrogens with one attached hydrogen (secondary N) is 1. The van der Waals surface area contributed by atoms with Crippen molar-refractivity contribution in [2.75, 3.05) is 13.7 Å². The predicted molar refractivity (Wildman–Crippen MR) is 63.2 cm³/mol. The number of hydrogen-bond donors (Lipinski definition) is 1. The highest BCUT2D eigenvalue weighted by Crippen LogP contribution is 2.24. The van der Waals surface area contributed by atoms with Crippen LogP contribution >= 0.6 is 0 Å². The highest BCUT2D eigenvalue weighted by molar-refractivity contribution is 7.89. The number of aryl methyl sites for hydroxylation is 1. The summed E-state index contributed by atoms with van der Waals surface area (Å²) in [6, 6.07) is 5.20. The van der Waals surface area contributed by atoms with Gasteiger partial charge in [-0.05, 0) is 24.1 Å². The number of methoxy groups -OCH3 is 1. The van der Waals surface area contributed by atoms with Gasteiger partial charge in [-0.3, -0.25) is 0 Å². The van der Waals surface area contributed by atoms with E-state index in [0.717, 1.165) is 12.0 Å². The van der Waals surface area contributed by atoms with Gasteiger partial charge in [0.05, 0.1) is 7.11 Å². The Hall–Kier alpha value is -1.07. The summed E-state index contributed by atoms with van der Waals surface area (Å²) in [5, 5.41) is 0. The van der Waals surface area contributed by atoms with Crippen LogP contribution in [0.4, 0.5) is 0 Å². The van der Waals surface area contributed by atoms with Crippen LogP contribution in [0.2, 0.25) is 0 Å². The van der Waals surface area contributed by atoms with E-state index in [-0.39, 0.29) is 4.90 Å². The summed E-state index contributed by atoms with van der Waals surface area (Å²) in [5.74, 6) is 0.373. The molecule has 4 nitrogen and oxygen atoms in total. The Kier molecular flexibility index (Phi) is 4.32. The number of sulfonamides is 1. The molecule has 0 aromatic heterocycles. The van der Waals surface area contributed by atoms with Crippen molar-refractivity contribution in [3.8, 4) is 5.75 Å². The second kappa shape index (κ2) is 5.32. The van der Waals surface area contributed by atoms with Gasteiger partial charge in [0.1, 0.15) is 10.6 Å². The molecule has 1 rings (SSSR count). The second-order valence-electron chi connectivity index (χ2n) is 3.34. The normalized spacial score (nSPS) is 11.4. The number of benzene rings is 1. The smallest absolute Gasteiger partial charge is 0.244 e. The van der Waals surface area contributed by atoms with Crippen LogP contribution in [0.5, 0.6) is 5.75 Å². The molecular weight excluding hydrogens is 226 g/mol. The van der Waals surface area contributed by atoms with Crippen LogP contribution in [0.3, 0.4) is 0 Å². The lowest BCUT2D eigenvalue weighted by Crippen LogP contribution is -2.23. The lowest BCUT2D eigenvalue weighted by Gasteiger charge is -2.10. The molecule has 1 aromatic carbocycles. The molecule has 0 saturated carbocycles. The molecule has 1 N–H and O–H groups in total. The molecule has 0 spiro atoms. The van der Waals surface area contributed by atoms with Gasteiger partial charge in [-0.2, -0.15) is 0 Å². The van der Waals surface area contributed by atoms with Crippen molar-refractivity contribution in [1.29, 1.82) is 0 Å². The third kappa shape index (κ3) is 2.74. The molecule has 0 saturated heterocycles. The van der Waals surface area contributed by atoms with Gasteiger partial charge in [-0.25, -0.2) is 13.1 Å². The zero-order valence-corrected chi connectivity index (χ0v) is 10.6. The SMILES string of the molecule is CCNS(=O)(=O)c1cc(CC)ccc1OC. The highest BCUT2D eigenvalue weighted by Gasteiger charge is 2.18. The van der Waals surface area contributed by atoms with Crippen LogP contribution in [0.1, 0.15) is 19.4 Å². The van der Waals surface area contributed by atoms with Gasteiger partial charge >= 0.3 is 0 Å². The van der Waals surface area contributed by atoms with Crippen molar-refractivity contribution in [3.63, 3.8) is 0 Å². The molecule has 0 bridgehead atoms. The zero-order valence-electron chi connectivity index (χ0n) is 9.78. The highest BCUT2D eigenvalue weighted by atomic mass is 32.2. The quantitative estimate of drug-likeness (QED) is 0.853. The van der Waals surface area contributed by atoms with Crippen molar-refractivity contribution >= 4 is 10.0 Å². The van der Waals surface area contributed by atoms with E-state index in [2.05, 4.69) is 4.72 Å². The summed E-state index contributed by atoms with van der Waals surface area (Å²) in [4.78, 5) is 0.205. The summed E-state index contributed by atoms with van der Waals surface area (Å²) in [6.07, 6.45) is 0.790. The first-order valence-corrected chi connectivity index (χ1v) is 6.70. The molecule has 0 amide bonds. The molecule has 0 fully saturated rings. The first kappa shape index (κ1) is 13.0. The van der Waals surface area contributed by atoms with E-state index in [1.807, 2.05) is 13.0 Å². The van der Waals surface area contributed by atoms with Gasteiger partial charge in [-0.1, -0.05) is 19.9 Å². The Labute approximate surface area is 96.7 Å². The van der Waals surface area contributed by atoms with Crippen LogP contribution in [0, 0.1) is 0 Å². The van der Waals surface area contributed by atoms with Crippen molar-refractivity contribution in [1.82, 2.24) is 4.72 Å². The monoisotopic (exact) mass is 243 g/mol. The lowest BCUT2D eigenvalue weighted by atomic mass is 10.2. The lowest BCUT2D eigenvalue weighted by molar-refractivity contribution is 0.402. The minimum Gasteiger partial charge on any atom is -0.495 e. The summed E-state index contributed by atoms with van der Waals surface area (Å²) in [5.41, 5.74) is 0.970. The van der Waals surface area contributed by atoms with Gasteiger partial charge in [-0.15, -0.1) is 0 Å². The van der Waals surface area contributed by atoms with Crippen LogP contribution < -0.4 is 9.46 Å². The molecule has 0 radical (unpaired) electrons. The standard InChI is InChI=1S/C11H17NO3S/c1-4-9-6-7-10(15-3)11(8-9)16(13,14)12-5-2/h6-8,12H,4-5H2,1-3H3. The van der Waals surface area contributed by atoms with Gasteiger partial charge in [0.25, 0.3) is 0 Å². The molecule has 16 heavy (non-hydrogen) atoms. The summed E-state index contributed by atoms with van der Waals surface area (Å²) in [7, 11) is -2.00. The number of rotatable bonds is 5. The summed E-state index contributed by atoms with van der Waals surface area (Å²) >= 11 is 0. The van der Waals surface area contributed by atoms with Gasteiger partial charge < -0.3 is 4.74 Å². The number of hydrogen-bond acceptors (Lipinski definition) is 3. The van der Waals surface area contributed by atoms with E-state index < -0.39 is 10.0 Å². The van der Waals surface area contributed by atoms with E-state index >= 15 is 0 Å². The minimum atomic E-state index is -3.46. The van der Waals surface area contributed by atoms with Crippen LogP contribution in [-0.2, 0) is 16.4 Å². The Morgan fingerprint density at radius 3 is 2.50 bits per heavy atom. The van der Waals surface area contributed by atoms with Crippen molar-refractivity contribution in [3.05, 3.63) is 23.8 Å². The van der Waals surface area contributed by atoms with Crippen molar-refractivity contribution in [2.24, 2.45) is 0 Å². The van der Waals surface area contributed by atoms with Gasteiger partial charge in [0, 0.05) is 6.54 Å². The summed E-state index contributed by atoms with van der Waals surface area (Å²) < 4.78 is 31.3. The molecule has 0 aliphatic rings. The number of ether oxygens (including phenoxy) is 1. The Morgan fingerprint density at radius 1 is 1.31 bits per heavy atom. The third-order valence-corrected chi connectivity index (χ3v) is 3.83. The van der Waals surface area contributed by atoms with Gasteiger partial charge in [0.15, 0.2) is 0 Å². The summed E-state index contributed by atoms with van der Waals surface area (Å²) in [6.45, 7) is 4.08. The molecule has 0 atom stereocenters. The maximum Gasteiger partial charge on any atom is 0.244 e. The molecular formula is C11H17NO3S.